The zero-order valence-electron chi connectivity index (χ0n) is 13.5. The van der Waals surface area contributed by atoms with Crippen molar-refractivity contribution in [1.82, 2.24) is 9.62 Å². The second-order valence-corrected chi connectivity index (χ2v) is 7.36. The van der Waals surface area contributed by atoms with Crippen LogP contribution in [-0.2, 0) is 21.4 Å². The summed E-state index contributed by atoms with van der Waals surface area (Å²) in [5, 5.41) is 2.79. The van der Waals surface area contributed by atoms with Crippen molar-refractivity contribution in [3.05, 3.63) is 23.8 Å². The molecule has 8 heteroatoms. The van der Waals surface area contributed by atoms with E-state index in [-0.39, 0.29) is 12.5 Å². The van der Waals surface area contributed by atoms with E-state index in [9.17, 15) is 13.2 Å². The monoisotopic (exact) mass is 342 g/mol. The van der Waals surface area contributed by atoms with Crippen molar-refractivity contribution < 1.29 is 22.7 Å². The van der Waals surface area contributed by atoms with Gasteiger partial charge in [-0.1, -0.05) is 0 Å². The minimum Gasteiger partial charge on any atom is -0.497 e. The number of hydrogen-bond acceptors (Lipinski definition) is 5. The van der Waals surface area contributed by atoms with Crippen LogP contribution in [0.5, 0.6) is 11.5 Å². The van der Waals surface area contributed by atoms with Crippen LogP contribution in [0.4, 0.5) is 0 Å². The lowest BCUT2D eigenvalue weighted by molar-refractivity contribution is -0.124. The fourth-order valence-electron chi connectivity index (χ4n) is 2.70. The average molecular weight is 342 g/mol. The van der Waals surface area contributed by atoms with Crippen molar-refractivity contribution in [3.8, 4) is 11.5 Å². The van der Waals surface area contributed by atoms with E-state index in [4.69, 9.17) is 9.47 Å². The van der Waals surface area contributed by atoms with Crippen LogP contribution in [0.25, 0.3) is 0 Å². The van der Waals surface area contributed by atoms with E-state index >= 15 is 0 Å². The van der Waals surface area contributed by atoms with Gasteiger partial charge in [0, 0.05) is 24.7 Å². The lowest BCUT2D eigenvalue weighted by Crippen LogP contribution is -2.45. The molecule has 0 radical (unpaired) electrons. The van der Waals surface area contributed by atoms with Crippen LogP contribution in [0.2, 0.25) is 0 Å². The van der Waals surface area contributed by atoms with Gasteiger partial charge in [0.25, 0.3) is 0 Å². The Morgan fingerprint density at radius 2 is 2.09 bits per heavy atom. The highest BCUT2D eigenvalue weighted by atomic mass is 32.2. The van der Waals surface area contributed by atoms with Gasteiger partial charge in [0.2, 0.25) is 15.9 Å². The third kappa shape index (κ3) is 4.14. The number of carbonyl (C=O) groups is 1. The molecule has 1 atom stereocenters. The Labute approximate surface area is 136 Å². The SMILES string of the molecule is COc1ccc(CNC(=O)C2CCCN2S(C)(=O)=O)c(OC)c1. The molecule has 0 saturated carbocycles. The summed E-state index contributed by atoms with van der Waals surface area (Å²) in [5.74, 6) is 0.984. The van der Waals surface area contributed by atoms with Gasteiger partial charge in [-0.25, -0.2) is 8.42 Å². The summed E-state index contributed by atoms with van der Waals surface area (Å²) in [6.07, 6.45) is 2.36. The molecule has 128 valence electrons. The van der Waals surface area contributed by atoms with Gasteiger partial charge < -0.3 is 14.8 Å². The molecule has 1 amide bonds. The number of carbonyl (C=O) groups excluding carboxylic acids is 1. The lowest BCUT2D eigenvalue weighted by Gasteiger charge is -2.21. The van der Waals surface area contributed by atoms with Crippen LogP contribution in [-0.4, -0.2) is 51.7 Å². The van der Waals surface area contributed by atoms with Crippen LogP contribution in [0.15, 0.2) is 18.2 Å². The molecule has 1 saturated heterocycles. The number of sulfonamides is 1. The van der Waals surface area contributed by atoms with Crippen molar-refractivity contribution in [2.24, 2.45) is 0 Å². The van der Waals surface area contributed by atoms with Gasteiger partial charge in [-0.2, -0.15) is 4.31 Å². The molecule has 1 heterocycles. The molecule has 7 nitrogen and oxygen atoms in total. The molecular formula is C15H22N2O5S. The Balaban J connectivity index is 2.05. The maximum Gasteiger partial charge on any atom is 0.238 e. The summed E-state index contributed by atoms with van der Waals surface area (Å²) in [5.41, 5.74) is 0.797. The third-order valence-corrected chi connectivity index (χ3v) is 5.17. The first kappa shape index (κ1) is 17.6. The molecule has 0 bridgehead atoms. The van der Waals surface area contributed by atoms with Gasteiger partial charge in [0.15, 0.2) is 0 Å². The average Bonchev–Trinajstić information content (AvgIpc) is 3.02. The van der Waals surface area contributed by atoms with Crippen molar-refractivity contribution in [2.75, 3.05) is 27.0 Å². The maximum absolute atomic E-state index is 12.3. The van der Waals surface area contributed by atoms with E-state index in [1.54, 1.807) is 32.4 Å². The number of amides is 1. The van der Waals surface area contributed by atoms with E-state index in [1.165, 1.54) is 4.31 Å². The van der Waals surface area contributed by atoms with E-state index in [0.717, 1.165) is 11.8 Å². The molecule has 0 aromatic heterocycles. The summed E-state index contributed by atoms with van der Waals surface area (Å²) >= 11 is 0. The Morgan fingerprint density at radius 3 is 2.70 bits per heavy atom. The highest BCUT2D eigenvalue weighted by molar-refractivity contribution is 7.88. The molecule has 1 aromatic carbocycles. The molecular weight excluding hydrogens is 320 g/mol. The second kappa shape index (κ2) is 7.18. The Bertz CT molecular complexity index is 674. The van der Waals surface area contributed by atoms with Crippen LogP contribution in [0.3, 0.4) is 0 Å². The van der Waals surface area contributed by atoms with Gasteiger partial charge in [-0.15, -0.1) is 0 Å². The summed E-state index contributed by atoms with van der Waals surface area (Å²) in [7, 11) is -0.261. The summed E-state index contributed by atoms with van der Waals surface area (Å²) in [4.78, 5) is 12.3. The highest BCUT2D eigenvalue weighted by Gasteiger charge is 2.36. The zero-order chi connectivity index (χ0) is 17.0. The number of ether oxygens (including phenoxy) is 2. The Kier molecular flexibility index (Phi) is 5.48. The van der Waals surface area contributed by atoms with Gasteiger partial charge in [0.1, 0.15) is 17.5 Å². The Hall–Kier alpha value is -1.80. The smallest absolute Gasteiger partial charge is 0.238 e. The van der Waals surface area contributed by atoms with Gasteiger partial charge in [0.05, 0.1) is 20.5 Å². The third-order valence-electron chi connectivity index (χ3n) is 3.88. The molecule has 1 N–H and O–H groups in total. The predicted octanol–water partition coefficient (Wildman–Crippen LogP) is 0.744. The van der Waals surface area contributed by atoms with Crippen LogP contribution >= 0.6 is 0 Å². The highest BCUT2D eigenvalue weighted by Crippen LogP contribution is 2.25. The molecule has 1 unspecified atom stereocenters. The Morgan fingerprint density at radius 1 is 1.35 bits per heavy atom. The molecule has 1 fully saturated rings. The van der Waals surface area contributed by atoms with E-state index in [1.807, 2.05) is 0 Å². The van der Waals surface area contributed by atoms with E-state index < -0.39 is 16.1 Å². The molecule has 1 aliphatic rings. The zero-order valence-corrected chi connectivity index (χ0v) is 14.4. The van der Waals surface area contributed by atoms with Crippen molar-refractivity contribution in [1.29, 1.82) is 0 Å². The number of rotatable bonds is 6. The lowest BCUT2D eigenvalue weighted by atomic mass is 10.1. The van der Waals surface area contributed by atoms with Crippen LogP contribution < -0.4 is 14.8 Å². The summed E-state index contributed by atoms with van der Waals surface area (Å²) in [6, 6.07) is 4.69. The minimum atomic E-state index is -3.37. The van der Waals surface area contributed by atoms with Gasteiger partial charge in [-0.05, 0) is 25.0 Å². The number of hydrogen-bond donors (Lipinski definition) is 1. The summed E-state index contributed by atoms with van der Waals surface area (Å²) in [6.45, 7) is 0.656. The van der Waals surface area contributed by atoms with Crippen LogP contribution in [0.1, 0.15) is 18.4 Å². The number of nitrogens with zero attached hydrogens (tertiary/aromatic N) is 1. The molecule has 1 aromatic rings. The summed E-state index contributed by atoms with van der Waals surface area (Å²) < 4.78 is 35.1. The first-order chi connectivity index (χ1) is 10.9. The quantitative estimate of drug-likeness (QED) is 0.824. The second-order valence-electron chi connectivity index (χ2n) is 5.43. The van der Waals surface area contributed by atoms with Crippen molar-refractivity contribution in [2.45, 2.75) is 25.4 Å². The standard InChI is InChI=1S/C15H22N2O5S/c1-21-12-7-6-11(14(9-12)22-2)10-16-15(18)13-5-4-8-17(13)23(3,19)20/h6-7,9,13H,4-5,8,10H2,1-3H3,(H,16,18). The van der Waals surface area contributed by atoms with Crippen LogP contribution in [0, 0.1) is 0 Å². The maximum atomic E-state index is 12.3. The molecule has 23 heavy (non-hydrogen) atoms. The predicted molar refractivity (Wildman–Crippen MR) is 86.0 cm³/mol. The van der Waals surface area contributed by atoms with Crippen molar-refractivity contribution >= 4 is 15.9 Å². The fourth-order valence-corrected chi connectivity index (χ4v) is 3.82. The number of nitrogens with one attached hydrogen (secondary N) is 1. The fraction of sp³-hybridized carbons (Fsp3) is 0.533. The minimum absolute atomic E-state index is 0.264. The first-order valence-corrected chi connectivity index (χ1v) is 9.17. The molecule has 2 rings (SSSR count). The molecule has 0 aliphatic carbocycles. The first-order valence-electron chi connectivity index (χ1n) is 7.32. The van der Waals surface area contributed by atoms with E-state index in [0.29, 0.717) is 30.9 Å². The topological polar surface area (TPSA) is 84.9 Å². The van der Waals surface area contributed by atoms with E-state index in [2.05, 4.69) is 5.32 Å². The molecule has 1 aliphatic heterocycles. The number of methoxy groups -OCH3 is 2. The van der Waals surface area contributed by atoms with Gasteiger partial charge in [-0.3, -0.25) is 4.79 Å². The van der Waals surface area contributed by atoms with Crippen molar-refractivity contribution in [3.63, 3.8) is 0 Å². The number of benzene rings is 1. The van der Waals surface area contributed by atoms with Gasteiger partial charge >= 0.3 is 0 Å². The largest absolute Gasteiger partial charge is 0.497 e. The normalized spacial score (nSPS) is 18.7. The molecule has 0 spiro atoms.